The minimum atomic E-state index is -5.08. The van der Waals surface area contributed by atoms with Gasteiger partial charge in [-0.1, -0.05) is 13.3 Å². The van der Waals surface area contributed by atoms with Gasteiger partial charge in [-0.15, -0.1) is 0 Å². The van der Waals surface area contributed by atoms with Gasteiger partial charge in [0, 0.05) is 6.42 Å². The quantitative estimate of drug-likeness (QED) is 0.560. The zero-order valence-corrected chi connectivity index (χ0v) is 7.10. The number of hydrogen-bond donors (Lipinski definition) is 1. The summed E-state index contributed by atoms with van der Waals surface area (Å²) in [5.41, 5.74) is 0. The Labute approximate surface area is 73.5 Å². The second-order valence-corrected chi connectivity index (χ2v) is 2.11. The van der Waals surface area contributed by atoms with Crippen molar-refractivity contribution in [3.05, 3.63) is 0 Å². The standard InChI is InChI=1S/C5H10O.C2HF3O2/c1-2-3-4-5-6;3-2(4,5)1(6)7/h5H,2-4H2,1H3;(H,6,7). The molecule has 0 aromatic heterocycles. The Morgan fingerprint density at radius 1 is 1.46 bits per heavy atom. The van der Waals surface area contributed by atoms with Crippen molar-refractivity contribution < 1.29 is 27.9 Å². The normalized spacial score (nSPS) is 9.85. The maximum absolute atomic E-state index is 10.6. The molecule has 0 amide bonds. The minimum Gasteiger partial charge on any atom is -0.475 e. The van der Waals surface area contributed by atoms with Crippen molar-refractivity contribution in [2.75, 3.05) is 0 Å². The van der Waals surface area contributed by atoms with Crippen molar-refractivity contribution in [3.63, 3.8) is 0 Å². The van der Waals surface area contributed by atoms with Crippen LogP contribution in [0.2, 0.25) is 0 Å². The van der Waals surface area contributed by atoms with E-state index in [0.29, 0.717) is 0 Å². The number of rotatable bonds is 3. The second kappa shape index (κ2) is 7.57. The number of alkyl halides is 3. The van der Waals surface area contributed by atoms with E-state index in [2.05, 4.69) is 6.92 Å². The van der Waals surface area contributed by atoms with Crippen LogP contribution in [-0.2, 0) is 9.59 Å². The van der Waals surface area contributed by atoms with Crippen LogP contribution in [0.1, 0.15) is 26.2 Å². The number of aldehydes is 1. The molecule has 1 N–H and O–H groups in total. The highest BCUT2D eigenvalue weighted by Gasteiger charge is 2.38. The Morgan fingerprint density at radius 2 is 1.85 bits per heavy atom. The number of carboxylic acid groups (broad SMARTS) is 1. The lowest BCUT2D eigenvalue weighted by Crippen LogP contribution is -2.21. The number of aliphatic carboxylic acids is 1. The van der Waals surface area contributed by atoms with E-state index >= 15 is 0 Å². The third kappa shape index (κ3) is 13.9. The van der Waals surface area contributed by atoms with Gasteiger partial charge in [-0.3, -0.25) is 0 Å². The summed E-state index contributed by atoms with van der Waals surface area (Å²) in [6.07, 6.45) is -1.22. The smallest absolute Gasteiger partial charge is 0.475 e. The number of carbonyl (C=O) groups excluding carboxylic acids is 1. The number of unbranched alkanes of at least 4 members (excludes halogenated alkanes) is 2. The topological polar surface area (TPSA) is 54.4 Å². The monoisotopic (exact) mass is 200 g/mol. The molecule has 0 aromatic rings. The van der Waals surface area contributed by atoms with Gasteiger partial charge < -0.3 is 9.90 Å². The molecule has 0 aliphatic heterocycles. The van der Waals surface area contributed by atoms with Gasteiger partial charge in [0.25, 0.3) is 0 Å². The summed E-state index contributed by atoms with van der Waals surface area (Å²) in [6, 6.07) is 0. The van der Waals surface area contributed by atoms with Gasteiger partial charge in [0.15, 0.2) is 0 Å². The molecule has 0 aromatic carbocycles. The highest BCUT2D eigenvalue weighted by Crippen LogP contribution is 2.13. The van der Waals surface area contributed by atoms with E-state index in [9.17, 15) is 18.0 Å². The highest BCUT2D eigenvalue weighted by atomic mass is 19.4. The molecule has 0 saturated carbocycles. The SMILES string of the molecule is CCCCC=O.O=C(O)C(F)(F)F. The summed E-state index contributed by atoms with van der Waals surface area (Å²) in [7, 11) is 0. The largest absolute Gasteiger partial charge is 0.490 e. The molecular weight excluding hydrogens is 189 g/mol. The zero-order chi connectivity index (χ0) is 10.9. The lowest BCUT2D eigenvalue weighted by atomic mass is 10.3. The van der Waals surface area contributed by atoms with Gasteiger partial charge in [0.1, 0.15) is 6.29 Å². The fourth-order valence-corrected chi connectivity index (χ4v) is 0.287. The summed E-state index contributed by atoms with van der Waals surface area (Å²) in [5.74, 6) is -2.76. The van der Waals surface area contributed by atoms with Gasteiger partial charge in [-0.2, -0.15) is 13.2 Å². The van der Waals surface area contributed by atoms with Gasteiger partial charge >= 0.3 is 12.1 Å². The lowest BCUT2D eigenvalue weighted by molar-refractivity contribution is -0.192. The van der Waals surface area contributed by atoms with Crippen molar-refractivity contribution >= 4 is 12.3 Å². The van der Waals surface area contributed by atoms with Gasteiger partial charge in [-0.05, 0) is 6.42 Å². The molecule has 0 aliphatic rings. The Bertz CT molecular complexity index is 154. The Balaban J connectivity index is 0. The predicted octanol–water partition coefficient (Wildman–Crippen LogP) is 2.01. The van der Waals surface area contributed by atoms with E-state index in [1.54, 1.807) is 0 Å². The van der Waals surface area contributed by atoms with Gasteiger partial charge in [0.2, 0.25) is 0 Å². The highest BCUT2D eigenvalue weighted by molar-refractivity contribution is 5.73. The van der Waals surface area contributed by atoms with Crippen LogP contribution in [0.4, 0.5) is 13.2 Å². The van der Waals surface area contributed by atoms with Gasteiger partial charge in [0.05, 0.1) is 0 Å². The molecule has 0 radical (unpaired) electrons. The van der Waals surface area contributed by atoms with E-state index in [1.807, 2.05) is 0 Å². The summed E-state index contributed by atoms with van der Waals surface area (Å²) < 4.78 is 31.7. The molecule has 0 aliphatic carbocycles. The molecule has 0 unspecified atom stereocenters. The molecule has 0 atom stereocenters. The second-order valence-electron chi connectivity index (χ2n) is 2.11. The number of hydrogen-bond acceptors (Lipinski definition) is 2. The third-order valence-electron chi connectivity index (χ3n) is 0.918. The predicted molar refractivity (Wildman–Crippen MR) is 39.3 cm³/mol. The number of carbonyl (C=O) groups is 2. The molecule has 78 valence electrons. The summed E-state index contributed by atoms with van der Waals surface area (Å²) >= 11 is 0. The van der Waals surface area contributed by atoms with Crippen LogP contribution in [0.25, 0.3) is 0 Å². The molecule has 3 nitrogen and oxygen atoms in total. The maximum atomic E-state index is 10.6. The van der Waals surface area contributed by atoms with Crippen molar-refractivity contribution in [1.29, 1.82) is 0 Å². The van der Waals surface area contributed by atoms with Crippen LogP contribution >= 0.6 is 0 Å². The molecule has 0 heterocycles. The lowest BCUT2D eigenvalue weighted by Gasteiger charge is -1.93. The third-order valence-corrected chi connectivity index (χ3v) is 0.918. The van der Waals surface area contributed by atoms with Crippen LogP contribution in [0.15, 0.2) is 0 Å². The first kappa shape index (κ1) is 14.5. The molecule has 6 heteroatoms. The molecule has 0 rings (SSSR count). The average Bonchev–Trinajstić information content (AvgIpc) is 2.00. The Kier molecular flexibility index (Phi) is 8.42. The van der Waals surface area contributed by atoms with Crippen molar-refractivity contribution in [1.82, 2.24) is 0 Å². The minimum absolute atomic E-state index is 0.733. The van der Waals surface area contributed by atoms with Crippen molar-refractivity contribution in [3.8, 4) is 0 Å². The first-order valence-corrected chi connectivity index (χ1v) is 3.60. The molecule has 0 bridgehead atoms. The molecule has 0 fully saturated rings. The number of halogens is 3. The summed E-state index contributed by atoms with van der Waals surface area (Å²) in [6.45, 7) is 2.07. The van der Waals surface area contributed by atoms with Crippen LogP contribution in [0.3, 0.4) is 0 Å². The zero-order valence-electron chi connectivity index (χ0n) is 7.10. The molecule has 13 heavy (non-hydrogen) atoms. The van der Waals surface area contributed by atoms with Crippen molar-refractivity contribution in [2.24, 2.45) is 0 Å². The fourth-order valence-electron chi connectivity index (χ4n) is 0.287. The van der Waals surface area contributed by atoms with E-state index < -0.39 is 12.1 Å². The fraction of sp³-hybridized carbons (Fsp3) is 0.714. The van der Waals surface area contributed by atoms with E-state index in [0.717, 1.165) is 25.5 Å². The molecule has 0 saturated heterocycles. The average molecular weight is 200 g/mol. The Morgan fingerprint density at radius 3 is 1.92 bits per heavy atom. The van der Waals surface area contributed by atoms with Crippen LogP contribution < -0.4 is 0 Å². The summed E-state index contributed by atoms with van der Waals surface area (Å²) in [4.78, 5) is 18.5. The van der Waals surface area contributed by atoms with E-state index in [1.165, 1.54) is 0 Å². The van der Waals surface area contributed by atoms with Crippen LogP contribution in [0, 0.1) is 0 Å². The summed E-state index contributed by atoms with van der Waals surface area (Å²) in [5, 5.41) is 7.12. The van der Waals surface area contributed by atoms with Crippen LogP contribution in [0.5, 0.6) is 0 Å². The number of carboxylic acids is 1. The first-order valence-electron chi connectivity index (χ1n) is 3.60. The Hall–Kier alpha value is -1.07. The molecule has 0 spiro atoms. The first-order chi connectivity index (χ1) is 5.86. The van der Waals surface area contributed by atoms with Crippen molar-refractivity contribution in [2.45, 2.75) is 32.4 Å². The maximum Gasteiger partial charge on any atom is 0.490 e. The van der Waals surface area contributed by atoms with E-state index in [4.69, 9.17) is 9.90 Å². The van der Waals surface area contributed by atoms with Crippen LogP contribution in [-0.4, -0.2) is 23.5 Å². The van der Waals surface area contributed by atoms with E-state index in [-0.39, 0.29) is 0 Å². The molecular formula is C7H11F3O3. The van der Waals surface area contributed by atoms with Gasteiger partial charge in [-0.25, -0.2) is 4.79 Å².